The summed E-state index contributed by atoms with van der Waals surface area (Å²) in [7, 11) is 1.56. The highest BCUT2D eigenvalue weighted by Crippen LogP contribution is 2.30. The van der Waals surface area contributed by atoms with Crippen LogP contribution in [-0.4, -0.2) is 19.7 Å². The lowest BCUT2D eigenvalue weighted by Crippen LogP contribution is -2.00. The average Bonchev–Trinajstić information content (AvgIpc) is 2.83. The Hall–Kier alpha value is -2.05. The number of halogens is 4. The van der Waals surface area contributed by atoms with E-state index in [9.17, 15) is 8.78 Å². The van der Waals surface area contributed by atoms with Crippen molar-refractivity contribution in [1.82, 2.24) is 19.7 Å². The van der Waals surface area contributed by atoms with E-state index >= 15 is 0 Å². The minimum atomic E-state index is -0.729. The second kappa shape index (κ2) is 5.62. The molecule has 0 atom stereocenters. The van der Waals surface area contributed by atoms with Crippen LogP contribution in [0.2, 0.25) is 10.2 Å². The molecule has 22 heavy (non-hydrogen) atoms. The number of nitrogens with zero attached hydrogens (tertiary/aromatic N) is 4. The summed E-state index contributed by atoms with van der Waals surface area (Å²) in [6.45, 7) is 0. The van der Waals surface area contributed by atoms with Crippen molar-refractivity contribution >= 4 is 23.2 Å². The van der Waals surface area contributed by atoms with Gasteiger partial charge in [-0.3, -0.25) is 0 Å². The largest absolute Gasteiger partial charge is 0.309 e. The van der Waals surface area contributed by atoms with Gasteiger partial charge in [-0.05, 0) is 24.3 Å². The smallest absolute Gasteiger partial charge is 0.184 e. The second-order valence-electron chi connectivity index (χ2n) is 4.47. The predicted molar refractivity (Wildman–Crippen MR) is 79.6 cm³/mol. The summed E-state index contributed by atoms with van der Waals surface area (Å²) in [5, 5.41) is 8.30. The van der Waals surface area contributed by atoms with Gasteiger partial charge in [0, 0.05) is 7.05 Å². The molecule has 0 aliphatic heterocycles. The van der Waals surface area contributed by atoms with Crippen molar-refractivity contribution < 1.29 is 8.78 Å². The first-order valence-electron chi connectivity index (χ1n) is 6.15. The molecule has 0 amide bonds. The van der Waals surface area contributed by atoms with Crippen molar-refractivity contribution in [3.8, 4) is 22.9 Å². The fourth-order valence-electron chi connectivity index (χ4n) is 2.04. The van der Waals surface area contributed by atoms with E-state index in [0.717, 1.165) is 12.1 Å². The lowest BCUT2D eigenvalue weighted by molar-refractivity contribution is 0.586. The second-order valence-corrected chi connectivity index (χ2v) is 5.26. The molecule has 0 spiro atoms. The molecule has 0 fully saturated rings. The minimum Gasteiger partial charge on any atom is -0.309 e. The summed E-state index contributed by atoms with van der Waals surface area (Å²) in [5.41, 5.74) is 0.0223. The quantitative estimate of drug-likeness (QED) is 0.659. The molecule has 0 saturated heterocycles. The SMILES string of the molecule is Cn1c(-c2nc(Cl)ccc2Cl)nnc1-c1c(F)cccc1F. The first-order chi connectivity index (χ1) is 10.5. The van der Waals surface area contributed by atoms with Crippen molar-refractivity contribution in [2.45, 2.75) is 0 Å². The molecule has 3 rings (SSSR count). The minimum absolute atomic E-state index is 0.0310. The van der Waals surface area contributed by atoms with E-state index in [1.807, 2.05) is 0 Å². The summed E-state index contributed by atoms with van der Waals surface area (Å²) in [6.07, 6.45) is 0. The number of pyridine rings is 1. The molecule has 2 heterocycles. The summed E-state index contributed by atoms with van der Waals surface area (Å²) < 4.78 is 29.2. The normalized spacial score (nSPS) is 11.0. The number of benzene rings is 1. The van der Waals surface area contributed by atoms with Gasteiger partial charge in [0.25, 0.3) is 0 Å². The van der Waals surface area contributed by atoms with Gasteiger partial charge in [-0.2, -0.15) is 0 Å². The third kappa shape index (κ3) is 2.44. The summed E-state index contributed by atoms with van der Waals surface area (Å²) in [4.78, 5) is 4.08. The van der Waals surface area contributed by atoms with Gasteiger partial charge in [0.05, 0.1) is 10.6 Å². The Morgan fingerprint density at radius 3 is 2.27 bits per heavy atom. The van der Waals surface area contributed by atoms with E-state index in [1.54, 1.807) is 13.1 Å². The van der Waals surface area contributed by atoms with E-state index in [1.165, 1.54) is 16.7 Å². The van der Waals surface area contributed by atoms with Crippen LogP contribution in [-0.2, 0) is 7.05 Å². The Balaban J connectivity index is 2.20. The van der Waals surface area contributed by atoms with Gasteiger partial charge in [0.15, 0.2) is 11.6 Å². The number of rotatable bonds is 2. The molecule has 8 heteroatoms. The number of hydrogen-bond acceptors (Lipinski definition) is 3. The van der Waals surface area contributed by atoms with Crippen LogP contribution in [0.1, 0.15) is 0 Å². The molecular weight excluding hydrogens is 333 g/mol. The van der Waals surface area contributed by atoms with E-state index < -0.39 is 11.6 Å². The van der Waals surface area contributed by atoms with Crippen LogP contribution < -0.4 is 0 Å². The molecular formula is C14H8Cl2F2N4. The third-order valence-corrected chi connectivity index (χ3v) is 3.60. The molecule has 4 nitrogen and oxygen atoms in total. The molecule has 0 N–H and O–H groups in total. The van der Waals surface area contributed by atoms with E-state index in [4.69, 9.17) is 23.2 Å². The Morgan fingerprint density at radius 1 is 0.955 bits per heavy atom. The van der Waals surface area contributed by atoms with Crippen LogP contribution in [0.25, 0.3) is 22.9 Å². The van der Waals surface area contributed by atoms with Gasteiger partial charge >= 0.3 is 0 Å². The zero-order valence-corrected chi connectivity index (χ0v) is 12.7. The molecule has 0 aliphatic carbocycles. The van der Waals surface area contributed by atoms with Crippen molar-refractivity contribution in [1.29, 1.82) is 0 Å². The van der Waals surface area contributed by atoms with Crippen LogP contribution in [0.3, 0.4) is 0 Å². The van der Waals surface area contributed by atoms with Crippen molar-refractivity contribution in [3.05, 3.63) is 52.1 Å². The van der Waals surface area contributed by atoms with E-state index in [0.29, 0.717) is 5.02 Å². The van der Waals surface area contributed by atoms with Crippen LogP contribution in [0.15, 0.2) is 30.3 Å². The lowest BCUT2D eigenvalue weighted by atomic mass is 10.2. The molecule has 0 bridgehead atoms. The highest BCUT2D eigenvalue weighted by molar-refractivity contribution is 6.34. The molecule has 1 aromatic carbocycles. The van der Waals surface area contributed by atoms with Gasteiger partial charge in [-0.1, -0.05) is 29.3 Å². The highest BCUT2D eigenvalue weighted by Gasteiger charge is 2.21. The van der Waals surface area contributed by atoms with Gasteiger partial charge in [-0.25, -0.2) is 13.8 Å². The molecule has 2 aromatic heterocycles. The molecule has 0 aliphatic rings. The maximum absolute atomic E-state index is 13.9. The van der Waals surface area contributed by atoms with Crippen LogP contribution in [0.5, 0.6) is 0 Å². The van der Waals surface area contributed by atoms with Gasteiger partial charge < -0.3 is 4.57 Å². The van der Waals surface area contributed by atoms with Gasteiger partial charge in [-0.15, -0.1) is 10.2 Å². The Kier molecular flexibility index (Phi) is 3.80. The van der Waals surface area contributed by atoms with E-state index in [-0.39, 0.29) is 28.1 Å². The van der Waals surface area contributed by atoms with Crippen LogP contribution in [0.4, 0.5) is 8.78 Å². The number of aromatic nitrogens is 4. The lowest BCUT2D eigenvalue weighted by Gasteiger charge is -2.07. The van der Waals surface area contributed by atoms with Crippen molar-refractivity contribution in [2.75, 3.05) is 0 Å². The molecule has 112 valence electrons. The average molecular weight is 341 g/mol. The third-order valence-electron chi connectivity index (χ3n) is 3.09. The molecule has 3 aromatic rings. The summed E-state index contributed by atoms with van der Waals surface area (Å²) in [6, 6.07) is 6.67. The summed E-state index contributed by atoms with van der Waals surface area (Å²) >= 11 is 11.9. The van der Waals surface area contributed by atoms with Crippen LogP contribution >= 0.6 is 23.2 Å². The maximum Gasteiger partial charge on any atom is 0.184 e. The highest BCUT2D eigenvalue weighted by atomic mass is 35.5. The molecule has 0 radical (unpaired) electrons. The topological polar surface area (TPSA) is 43.6 Å². The van der Waals surface area contributed by atoms with Crippen LogP contribution in [0, 0.1) is 11.6 Å². The van der Waals surface area contributed by atoms with Crippen molar-refractivity contribution in [3.63, 3.8) is 0 Å². The standard InChI is InChI=1S/C14H8Cl2F2N4/c1-22-13(11-8(17)3-2-4-9(11)18)20-21-14(22)12-7(15)5-6-10(16)19-12/h2-6H,1H3. The zero-order chi connectivity index (χ0) is 15.9. The van der Waals surface area contributed by atoms with Crippen molar-refractivity contribution in [2.24, 2.45) is 7.05 Å². The first kappa shape index (κ1) is 14.9. The molecule has 0 unspecified atom stereocenters. The Bertz CT molecular complexity index is 844. The van der Waals surface area contributed by atoms with E-state index in [2.05, 4.69) is 15.2 Å². The zero-order valence-electron chi connectivity index (χ0n) is 11.2. The fraction of sp³-hybridized carbons (Fsp3) is 0.0714. The maximum atomic E-state index is 13.9. The van der Waals surface area contributed by atoms with Gasteiger partial charge in [0.2, 0.25) is 0 Å². The Labute approximate surface area is 134 Å². The first-order valence-corrected chi connectivity index (χ1v) is 6.91. The monoisotopic (exact) mass is 340 g/mol. The van der Waals surface area contributed by atoms with Gasteiger partial charge in [0.1, 0.15) is 22.5 Å². The fourth-order valence-corrected chi connectivity index (χ4v) is 2.38. The number of hydrogen-bond donors (Lipinski definition) is 0. The summed E-state index contributed by atoms with van der Waals surface area (Å²) in [5.74, 6) is -1.17. The Morgan fingerprint density at radius 2 is 1.59 bits per heavy atom. The predicted octanol–water partition coefficient (Wildman–Crippen LogP) is 4.13. The molecule has 0 saturated carbocycles.